The molecule has 0 spiro atoms. The molecule has 0 aromatic heterocycles. The summed E-state index contributed by atoms with van der Waals surface area (Å²) in [6, 6.07) is 4.38. The Kier molecular flexibility index (Phi) is 4.39. The molecule has 1 heterocycles. The van der Waals surface area contributed by atoms with Crippen molar-refractivity contribution in [3.8, 4) is 11.5 Å². The number of hydrogen-bond donors (Lipinski definition) is 1. The van der Waals surface area contributed by atoms with E-state index in [1.165, 1.54) is 24.1 Å². The number of benzene rings is 1. The highest BCUT2D eigenvalue weighted by molar-refractivity contribution is 5.98. The van der Waals surface area contributed by atoms with Crippen molar-refractivity contribution in [3.63, 3.8) is 0 Å². The van der Waals surface area contributed by atoms with Crippen molar-refractivity contribution in [2.75, 3.05) is 20.2 Å². The number of alkyl halides is 2. The Balaban J connectivity index is 2.32. The molecule has 5 nitrogen and oxygen atoms in total. The second-order valence-electron chi connectivity index (χ2n) is 4.52. The maximum absolute atomic E-state index is 12.5. The molecule has 2 rings (SSSR count). The third-order valence-corrected chi connectivity index (χ3v) is 3.15. The highest BCUT2D eigenvalue weighted by atomic mass is 19.3. The molecule has 20 heavy (non-hydrogen) atoms. The van der Waals surface area contributed by atoms with Crippen LogP contribution in [0.3, 0.4) is 0 Å². The molecule has 1 saturated heterocycles. The summed E-state index contributed by atoms with van der Waals surface area (Å²) in [5, 5.41) is 0. The van der Waals surface area contributed by atoms with Crippen molar-refractivity contribution in [1.29, 1.82) is 0 Å². The predicted molar refractivity (Wildman–Crippen MR) is 68.1 cm³/mol. The Labute approximate surface area is 115 Å². The summed E-state index contributed by atoms with van der Waals surface area (Å²) in [6.45, 7) is -2.12. The van der Waals surface area contributed by atoms with Crippen LogP contribution in [0.4, 0.5) is 8.78 Å². The highest BCUT2D eigenvalue weighted by Crippen LogP contribution is 2.33. The monoisotopic (exact) mass is 286 g/mol. The zero-order valence-corrected chi connectivity index (χ0v) is 11.0. The maximum Gasteiger partial charge on any atom is 0.387 e. The number of carbonyl (C=O) groups is 1. The topological polar surface area (TPSA) is 64.8 Å². The van der Waals surface area contributed by atoms with Gasteiger partial charge in [0.25, 0.3) is 5.91 Å². The molecule has 1 aliphatic heterocycles. The van der Waals surface area contributed by atoms with E-state index >= 15 is 0 Å². The molecule has 0 aliphatic carbocycles. The van der Waals surface area contributed by atoms with E-state index in [4.69, 9.17) is 10.5 Å². The summed E-state index contributed by atoms with van der Waals surface area (Å²) < 4.78 is 34.4. The van der Waals surface area contributed by atoms with Crippen LogP contribution in [0.25, 0.3) is 0 Å². The van der Waals surface area contributed by atoms with Crippen molar-refractivity contribution in [2.45, 2.75) is 19.1 Å². The second-order valence-corrected chi connectivity index (χ2v) is 4.52. The van der Waals surface area contributed by atoms with Gasteiger partial charge in [0, 0.05) is 19.1 Å². The van der Waals surface area contributed by atoms with E-state index in [1.807, 2.05) is 0 Å². The van der Waals surface area contributed by atoms with Crippen LogP contribution in [-0.2, 0) is 0 Å². The van der Waals surface area contributed by atoms with E-state index in [2.05, 4.69) is 4.74 Å². The number of methoxy groups -OCH3 is 1. The summed E-state index contributed by atoms with van der Waals surface area (Å²) in [6.07, 6.45) is 0.695. The smallest absolute Gasteiger partial charge is 0.387 e. The fourth-order valence-electron chi connectivity index (χ4n) is 2.20. The lowest BCUT2D eigenvalue weighted by Crippen LogP contribution is -2.32. The Morgan fingerprint density at radius 3 is 2.80 bits per heavy atom. The van der Waals surface area contributed by atoms with Gasteiger partial charge >= 0.3 is 6.61 Å². The van der Waals surface area contributed by atoms with Gasteiger partial charge in [0.15, 0.2) is 11.5 Å². The number of likely N-dealkylation sites (tertiary alicyclic amines) is 1. The summed E-state index contributed by atoms with van der Waals surface area (Å²) in [4.78, 5) is 13.9. The molecule has 1 amide bonds. The lowest BCUT2D eigenvalue weighted by atomic mass is 10.1. The molecular formula is C13H16F2N2O3. The first kappa shape index (κ1) is 14.5. The summed E-state index contributed by atoms with van der Waals surface area (Å²) >= 11 is 0. The van der Waals surface area contributed by atoms with Gasteiger partial charge in [-0.25, -0.2) is 0 Å². The Morgan fingerprint density at radius 1 is 1.50 bits per heavy atom. The largest absolute Gasteiger partial charge is 0.493 e. The van der Waals surface area contributed by atoms with Crippen LogP contribution in [0, 0.1) is 0 Å². The van der Waals surface area contributed by atoms with Gasteiger partial charge in [-0.15, -0.1) is 0 Å². The molecule has 0 bridgehead atoms. The first-order valence-corrected chi connectivity index (χ1v) is 6.19. The zero-order chi connectivity index (χ0) is 14.7. The summed E-state index contributed by atoms with van der Waals surface area (Å²) in [5.41, 5.74) is 5.80. The minimum Gasteiger partial charge on any atom is -0.493 e. The van der Waals surface area contributed by atoms with E-state index in [9.17, 15) is 13.6 Å². The third-order valence-electron chi connectivity index (χ3n) is 3.15. The first-order chi connectivity index (χ1) is 9.52. The fraction of sp³-hybridized carbons (Fsp3) is 0.462. The average molecular weight is 286 g/mol. The number of rotatable bonds is 4. The lowest BCUT2D eigenvalue weighted by Gasteiger charge is -2.19. The molecule has 0 saturated carbocycles. The van der Waals surface area contributed by atoms with Gasteiger partial charge in [-0.2, -0.15) is 8.78 Å². The van der Waals surface area contributed by atoms with Crippen LogP contribution in [0.15, 0.2) is 18.2 Å². The van der Waals surface area contributed by atoms with Crippen LogP contribution in [0.2, 0.25) is 0 Å². The van der Waals surface area contributed by atoms with Crippen molar-refractivity contribution in [1.82, 2.24) is 4.90 Å². The summed E-state index contributed by atoms with van der Waals surface area (Å²) in [5.74, 6) is -0.525. The third kappa shape index (κ3) is 2.98. The molecular weight excluding hydrogens is 270 g/mol. The maximum atomic E-state index is 12.5. The highest BCUT2D eigenvalue weighted by Gasteiger charge is 2.28. The SMILES string of the molecule is COc1cccc(C(=O)N2CC[C@@H](N)C2)c1OC(F)F. The van der Waals surface area contributed by atoms with Crippen LogP contribution in [0.5, 0.6) is 11.5 Å². The van der Waals surface area contributed by atoms with E-state index in [0.717, 1.165) is 0 Å². The molecule has 1 aromatic rings. The number of amides is 1. The molecule has 7 heteroatoms. The van der Waals surface area contributed by atoms with Gasteiger partial charge < -0.3 is 20.1 Å². The van der Waals surface area contributed by atoms with Gasteiger partial charge in [-0.1, -0.05) is 6.07 Å². The average Bonchev–Trinajstić information content (AvgIpc) is 2.84. The molecule has 1 fully saturated rings. The molecule has 110 valence electrons. The lowest BCUT2D eigenvalue weighted by molar-refractivity contribution is -0.0516. The normalized spacial score (nSPS) is 18.4. The van der Waals surface area contributed by atoms with Gasteiger partial charge in [0.2, 0.25) is 0 Å². The number of halogens is 2. The Bertz CT molecular complexity index is 497. The molecule has 0 radical (unpaired) electrons. The van der Waals surface area contributed by atoms with Crippen LogP contribution in [0.1, 0.15) is 16.8 Å². The standard InChI is InChI=1S/C13H16F2N2O3/c1-19-10-4-2-3-9(11(10)20-13(14)15)12(18)17-6-5-8(16)7-17/h2-4,8,13H,5-7,16H2,1H3/t8-/m1/s1. The number of hydrogen-bond acceptors (Lipinski definition) is 4. The summed E-state index contributed by atoms with van der Waals surface area (Å²) in [7, 11) is 1.33. The van der Waals surface area contributed by atoms with Crippen LogP contribution < -0.4 is 15.2 Å². The van der Waals surface area contributed by atoms with E-state index in [1.54, 1.807) is 6.07 Å². The van der Waals surface area contributed by atoms with E-state index in [-0.39, 0.29) is 29.0 Å². The second kappa shape index (κ2) is 6.04. The number of para-hydroxylation sites is 1. The van der Waals surface area contributed by atoms with Gasteiger partial charge in [-0.05, 0) is 18.6 Å². The Hall–Kier alpha value is -1.89. The quantitative estimate of drug-likeness (QED) is 0.910. The number of nitrogens with two attached hydrogens (primary N) is 1. The number of carbonyl (C=O) groups excluding carboxylic acids is 1. The van der Waals surface area contributed by atoms with Crippen molar-refractivity contribution >= 4 is 5.91 Å². The first-order valence-electron chi connectivity index (χ1n) is 6.19. The predicted octanol–water partition coefficient (Wildman–Crippen LogP) is 1.47. The van der Waals surface area contributed by atoms with Crippen molar-refractivity contribution in [2.24, 2.45) is 5.73 Å². The van der Waals surface area contributed by atoms with Crippen LogP contribution >= 0.6 is 0 Å². The molecule has 1 atom stereocenters. The minimum atomic E-state index is -3.03. The molecule has 0 unspecified atom stereocenters. The Morgan fingerprint density at radius 2 is 2.25 bits per heavy atom. The van der Waals surface area contributed by atoms with E-state index in [0.29, 0.717) is 19.5 Å². The van der Waals surface area contributed by atoms with Crippen molar-refractivity contribution in [3.05, 3.63) is 23.8 Å². The van der Waals surface area contributed by atoms with Gasteiger partial charge in [-0.3, -0.25) is 4.79 Å². The minimum absolute atomic E-state index is 0.0544. The molecule has 1 aliphatic rings. The van der Waals surface area contributed by atoms with Gasteiger partial charge in [0.05, 0.1) is 12.7 Å². The zero-order valence-electron chi connectivity index (χ0n) is 11.0. The number of ether oxygens (including phenoxy) is 2. The molecule has 1 aromatic carbocycles. The van der Waals surface area contributed by atoms with Gasteiger partial charge in [0.1, 0.15) is 0 Å². The molecule has 2 N–H and O–H groups in total. The van der Waals surface area contributed by atoms with E-state index < -0.39 is 6.61 Å². The van der Waals surface area contributed by atoms with Crippen molar-refractivity contribution < 1.29 is 23.0 Å². The van der Waals surface area contributed by atoms with Crippen LogP contribution in [-0.4, -0.2) is 43.7 Å². The number of nitrogens with zero attached hydrogens (tertiary/aromatic N) is 1. The fourth-order valence-corrected chi connectivity index (χ4v) is 2.20.